The molecule has 0 atom stereocenters. The summed E-state index contributed by atoms with van der Waals surface area (Å²) in [7, 11) is 4.19. The van der Waals surface area contributed by atoms with Gasteiger partial charge in [-0.2, -0.15) is 0 Å². The predicted octanol–water partition coefficient (Wildman–Crippen LogP) is 2.62. The number of nitrogens with zero attached hydrogens (tertiary/aromatic N) is 3. The molecule has 0 radical (unpaired) electrons. The molecule has 0 bridgehead atoms. The summed E-state index contributed by atoms with van der Waals surface area (Å²) in [5.74, 6) is 0. The van der Waals surface area contributed by atoms with E-state index < -0.39 is 0 Å². The molecule has 0 saturated carbocycles. The Bertz CT molecular complexity index is 427. The Morgan fingerprint density at radius 2 is 1.88 bits per heavy atom. The van der Waals surface area contributed by atoms with E-state index in [2.05, 4.69) is 52.7 Å². The van der Waals surface area contributed by atoms with Gasteiger partial charge in [0.2, 0.25) is 0 Å². The standard InChI is InChI=1S/C13H17N3S/c1-15(10-12-6-3-4-8-14-12)16(2)11-13-7-5-9-17-13/h3-9H,10-11H2,1-2H3. The van der Waals surface area contributed by atoms with E-state index in [1.807, 2.05) is 18.3 Å². The van der Waals surface area contributed by atoms with Crippen molar-refractivity contribution in [3.8, 4) is 0 Å². The SMILES string of the molecule is CN(Cc1ccccn1)N(C)Cc1cccs1. The lowest BCUT2D eigenvalue weighted by Gasteiger charge is -2.27. The van der Waals surface area contributed by atoms with E-state index in [0.717, 1.165) is 18.8 Å². The maximum atomic E-state index is 4.33. The van der Waals surface area contributed by atoms with Crippen LogP contribution < -0.4 is 0 Å². The van der Waals surface area contributed by atoms with E-state index in [1.165, 1.54) is 4.88 Å². The molecule has 0 spiro atoms. The van der Waals surface area contributed by atoms with Gasteiger partial charge in [-0.05, 0) is 23.6 Å². The summed E-state index contributed by atoms with van der Waals surface area (Å²) >= 11 is 1.79. The van der Waals surface area contributed by atoms with Crippen molar-refractivity contribution in [2.75, 3.05) is 14.1 Å². The zero-order valence-corrected chi connectivity index (χ0v) is 11.0. The van der Waals surface area contributed by atoms with Crippen molar-refractivity contribution >= 4 is 11.3 Å². The van der Waals surface area contributed by atoms with Crippen LogP contribution in [0.25, 0.3) is 0 Å². The lowest BCUT2D eigenvalue weighted by atomic mass is 10.3. The quantitative estimate of drug-likeness (QED) is 0.757. The van der Waals surface area contributed by atoms with Crippen molar-refractivity contribution in [3.63, 3.8) is 0 Å². The smallest absolute Gasteiger partial charge is 0.0558 e. The van der Waals surface area contributed by atoms with Crippen LogP contribution >= 0.6 is 11.3 Å². The molecule has 2 heterocycles. The van der Waals surface area contributed by atoms with Gasteiger partial charge in [-0.3, -0.25) is 4.98 Å². The minimum Gasteiger partial charge on any atom is -0.260 e. The number of pyridine rings is 1. The second-order valence-electron chi connectivity index (χ2n) is 4.03. The first-order chi connectivity index (χ1) is 8.25. The average molecular weight is 247 g/mol. The van der Waals surface area contributed by atoms with Gasteiger partial charge < -0.3 is 0 Å². The molecule has 0 aliphatic carbocycles. The minimum absolute atomic E-state index is 0.836. The summed E-state index contributed by atoms with van der Waals surface area (Å²) in [6.07, 6.45) is 1.84. The normalized spacial score (nSPS) is 11.3. The minimum atomic E-state index is 0.836. The molecule has 0 unspecified atom stereocenters. The van der Waals surface area contributed by atoms with E-state index in [9.17, 15) is 0 Å². The van der Waals surface area contributed by atoms with Crippen LogP contribution in [0, 0.1) is 0 Å². The number of aromatic nitrogens is 1. The van der Waals surface area contributed by atoms with Crippen molar-refractivity contribution in [2.45, 2.75) is 13.1 Å². The van der Waals surface area contributed by atoms with Crippen LogP contribution in [-0.4, -0.2) is 29.1 Å². The molecule has 4 heteroatoms. The van der Waals surface area contributed by atoms with E-state index in [-0.39, 0.29) is 0 Å². The monoisotopic (exact) mass is 247 g/mol. The molecule has 0 aliphatic heterocycles. The third kappa shape index (κ3) is 3.63. The lowest BCUT2D eigenvalue weighted by Crippen LogP contribution is -2.35. The van der Waals surface area contributed by atoms with E-state index in [0.29, 0.717) is 0 Å². The van der Waals surface area contributed by atoms with Gasteiger partial charge in [0.1, 0.15) is 0 Å². The third-order valence-electron chi connectivity index (χ3n) is 2.66. The molecule has 3 nitrogen and oxygen atoms in total. The second-order valence-corrected chi connectivity index (χ2v) is 5.06. The second kappa shape index (κ2) is 5.91. The number of hydrogen-bond donors (Lipinski definition) is 0. The summed E-state index contributed by atoms with van der Waals surface area (Å²) in [4.78, 5) is 5.71. The fourth-order valence-corrected chi connectivity index (χ4v) is 2.35. The summed E-state index contributed by atoms with van der Waals surface area (Å²) < 4.78 is 0. The maximum absolute atomic E-state index is 4.33. The molecule has 0 aromatic carbocycles. The molecule has 2 rings (SSSR count). The molecule has 17 heavy (non-hydrogen) atoms. The van der Waals surface area contributed by atoms with E-state index in [1.54, 1.807) is 11.3 Å². The molecule has 0 amide bonds. The first kappa shape index (κ1) is 12.2. The van der Waals surface area contributed by atoms with Gasteiger partial charge >= 0.3 is 0 Å². The van der Waals surface area contributed by atoms with Crippen LogP contribution in [0.3, 0.4) is 0 Å². The number of hydrazine groups is 1. The Morgan fingerprint density at radius 3 is 2.53 bits per heavy atom. The fourth-order valence-electron chi connectivity index (χ4n) is 1.60. The number of thiophene rings is 1. The van der Waals surface area contributed by atoms with Gasteiger partial charge in [0, 0.05) is 31.7 Å². The van der Waals surface area contributed by atoms with Gasteiger partial charge in [0.25, 0.3) is 0 Å². The highest BCUT2D eigenvalue weighted by molar-refractivity contribution is 7.09. The first-order valence-corrected chi connectivity index (χ1v) is 6.48. The van der Waals surface area contributed by atoms with Gasteiger partial charge in [0.05, 0.1) is 12.2 Å². The van der Waals surface area contributed by atoms with Crippen LogP contribution in [-0.2, 0) is 13.1 Å². The van der Waals surface area contributed by atoms with Gasteiger partial charge in [-0.25, -0.2) is 10.0 Å². The zero-order chi connectivity index (χ0) is 12.1. The van der Waals surface area contributed by atoms with Crippen molar-refractivity contribution in [2.24, 2.45) is 0 Å². The van der Waals surface area contributed by atoms with Gasteiger partial charge in [-0.1, -0.05) is 12.1 Å². The fraction of sp³-hybridized carbons (Fsp3) is 0.308. The number of hydrogen-bond acceptors (Lipinski definition) is 4. The van der Waals surface area contributed by atoms with Crippen molar-refractivity contribution < 1.29 is 0 Å². The molecule has 2 aromatic heterocycles. The molecule has 0 saturated heterocycles. The Kier molecular flexibility index (Phi) is 4.25. The highest BCUT2D eigenvalue weighted by Crippen LogP contribution is 2.12. The van der Waals surface area contributed by atoms with Crippen LogP contribution in [0.2, 0.25) is 0 Å². The van der Waals surface area contributed by atoms with Crippen molar-refractivity contribution in [3.05, 3.63) is 52.5 Å². The largest absolute Gasteiger partial charge is 0.260 e. The maximum Gasteiger partial charge on any atom is 0.0558 e. The topological polar surface area (TPSA) is 19.4 Å². The Labute approximate surface area is 106 Å². The lowest BCUT2D eigenvalue weighted by molar-refractivity contribution is 0.0108. The molecule has 0 N–H and O–H groups in total. The predicted molar refractivity (Wildman–Crippen MR) is 71.5 cm³/mol. The van der Waals surface area contributed by atoms with E-state index in [4.69, 9.17) is 0 Å². The van der Waals surface area contributed by atoms with Crippen molar-refractivity contribution in [1.82, 2.24) is 15.0 Å². The highest BCUT2D eigenvalue weighted by Gasteiger charge is 2.08. The number of rotatable bonds is 5. The van der Waals surface area contributed by atoms with E-state index >= 15 is 0 Å². The summed E-state index contributed by atoms with van der Waals surface area (Å²) in [6, 6.07) is 10.3. The summed E-state index contributed by atoms with van der Waals surface area (Å²) in [5, 5.41) is 6.50. The highest BCUT2D eigenvalue weighted by atomic mass is 32.1. The molecule has 0 fully saturated rings. The van der Waals surface area contributed by atoms with Crippen molar-refractivity contribution in [1.29, 1.82) is 0 Å². The molecule has 2 aromatic rings. The molecular formula is C13H17N3S. The Morgan fingerprint density at radius 1 is 1.06 bits per heavy atom. The van der Waals surface area contributed by atoms with Crippen LogP contribution in [0.1, 0.15) is 10.6 Å². The molecule has 0 aliphatic rings. The molecule has 90 valence electrons. The van der Waals surface area contributed by atoms with Crippen LogP contribution in [0.5, 0.6) is 0 Å². The average Bonchev–Trinajstić information content (AvgIpc) is 2.83. The van der Waals surface area contributed by atoms with Crippen LogP contribution in [0.4, 0.5) is 0 Å². The van der Waals surface area contributed by atoms with Gasteiger partial charge in [-0.15, -0.1) is 11.3 Å². The van der Waals surface area contributed by atoms with Crippen LogP contribution in [0.15, 0.2) is 41.9 Å². The third-order valence-corrected chi connectivity index (χ3v) is 3.53. The van der Waals surface area contributed by atoms with Gasteiger partial charge in [0.15, 0.2) is 0 Å². The molecular weight excluding hydrogens is 230 g/mol. The Balaban J connectivity index is 1.89. The zero-order valence-electron chi connectivity index (χ0n) is 10.2. The summed E-state index contributed by atoms with van der Waals surface area (Å²) in [5.41, 5.74) is 1.09. The first-order valence-electron chi connectivity index (χ1n) is 5.60. The summed E-state index contributed by atoms with van der Waals surface area (Å²) in [6.45, 7) is 1.78. The Hall–Kier alpha value is -1.23.